The first kappa shape index (κ1) is 15.1. The summed E-state index contributed by atoms with van der Waals surface area (Å²) in [5, 5.41) is 20.0. The Morgan fingerprint density at radius 1 is 1.30 bits per heavy atom. The molecule has 2 heterocycles. The Kier molecular flexibility index (Phi) is 4.82. The van der Waals surface area contributed by atoms with E-state index in [4.69, 9.17) is 0 Å². The van der Waals surface area contributed by atoms with E-state index in [9.17, 15) is 0 Å². The molecule has 2 rings (SSSR count). The fourth-order valence-corrected chi connectivity index (χ4v) is 2.71. The summed E-state index contributed by atoms with van der Waals surface area (Å²) < 4.78 is 2.54. The molecule has 108 valence electrons. The molecule has 1 unspecified atom stereocenters. The maximum absolute atomic E-state index is 4.22. The second-order valence-corrected chi connectivity index (χ2v) is 5.55. The fraction of sp³-hybridized carbons (Fsp3) is 0.538. The molecule has 0 aliphatic carbocycles. The largest absolute Gasteiger partial charge is 0.305 e. The van der Waals surface area contributed by atoms with Crippen molar-refractivity contribution in [3.8, 4) is 0 Å². The van der Waals surface area contributed by atoms with Gasteiger partial charge in [0, 0.05) is 12.6 Å². The highest BCUT2D eigenvalue weighted by atomic mass is 79.9. The average Bonchev–Trinajstić information content (AvgIpc) is 2.74. The summed E-state index contributed by atoms with van der Waals surface area (Å²) in [6.07, 6.45) is 1.05. The van der Waals surface area contributed by atoms with E-state index < -0.39 is 0 Å². The van der Waals surface area contributed by atoms with E-state index in [0.29, 0.717) is 0 Å². The van der Waals surface area contributed by atoms with Crippen LogP contribution in [0.15, 0.2) is 10.7 Å². The van der Waals surface area contributed by atoms with Crippen LogP contribution in [0, 0.1) is 13.8 Å². The molecular weight excluding hydrogens is 320 g/mol. The molecule has 20 heavy (non-hydrogen) atoms. The first-order valence-corrected chi connectivity index (χ1v) is 7.43. The predicted molar refractivity (Wildman–Crippen MR) is 80.3 cm³/mol. The van der Waals surface area contributed by atoms with Crippen LogP contribution in [0.2, 0.25) is 0 Å². The standard InChI is InChI=1S/C13H19BrN6/c1-5-6-15-11(12-13(14)18-19-20(12)4)10-7-8(2)16-17-9(10)3/h7,11,15H,5-6H2,1-4H3. The topological polar surface area (TPSA) is 68.5 Å². The van der Waals surface area contributed by atoms with Gasteiger partial charge in [0.05, 0.1) is 23.1 Å². The van der Waals surface area contributed by atoms with E-state index >= 15 is 0 Å². The third-order valence-corrected chi connectivity index (χ3v) is 3.71. The summed E-state index contributed by atoms with van der Waals surface area (Å²) in [7, 11) is 1.89. The zero-order valence-electron chi connectivity index (χ0n) is 12.2. The Morgan fingerprint density at radius 3 is 2.65 bits per heavy atom. The monoisotopic (exact) mass is 338 g/mol. The highest BCUT2D eigenvalue weighted by Gasteiger charge is 2.23. The van der Waals surface area contributed by atoms with Gasteiger partial charge in [-0.1, -0.05) is 12.1 Å². The van der Waals surface area contributed by atoms with Crippen LogP contribution in [0.1, 0.15) is 42.0 Å². The van der Waals surface area contributed by atoms with Crippen LogP contribution in [0.5, 0.6) is 0 Å². The molecule has 0 aromatic carbocycles. The second kappa shape index (κ2) is 6.41. The van der Waals surface area contributed by atoms with Gasteiger partial charge in [-0.25, -0.2) is 4.68 Å². The van der Waals surface area contributed by atoms with Gasteiger partial charge in [0.15, 0.2) is 4.60 Å². The third-order valence-electron chi connectivity index (χ3n) is 3.15. The molecule has 2 aromatic heterocycles. The van der Waals surface area contributed by atoms with E-state index in [2.05, 4.69) is 54.7 Å². The molecule has 0 spiro atoms. The molecule has 0 saturated carbocycles. The fourth-order valence-electron chi connectivity index (χ4n) is 2.15. The summed E-state index contributed by atoms with van der Waals surface area (Å²) in [6.45, 7) is 6.97. The van der Waals surface area contributed by atoms with E-state index in [1.807, 2.05) is 20.9 Å². The van der Waals surface area contributed by atoms with Crippen molar-refractivity contribution < 1.29 is 0 Å². The van der Waals surface area contributed by atoms with Gasteiger partial charge in [-0.3, -0.25) is 0 Å². The van der Waals surface area contributed by atoms with E-state index in [1.165, 1.54) is 0 Å². The molecular formula is C13H19BrN6. The van der Waals surface area contributed by atoms with Crippen LogP contribution in [-0.4, -0.2) is 31.7 Å². The number of hydrogen-bond donors (Lipinski definition) is 1. The Labute approximate surface area is 127 Å². The average molecular weight is 339 g/mol. The van der Waals surface area contributed by atoms with E-state index in [-0.39, 0.29) is 6.04 Å². The Bertz CT molecular complexity index is 575. The smallest absolute Gasteiger partial charge is 0.153 e. The van der Waals surface area contributed by atoms with Crippen molar-refractivity contribution in [1.82, 2.24) is 30.5 Å². The van der Waals surface area contributed by atoms with Crippen LogP contribution < -0.4 is 5.32 Å². The molecule has 0 aliphatic heterocycles. The molecule has 0 saturated heterocycles. The van der Waals surface area contributed by atoms with Crippen molar-refractivity contribution in [2.45, 2.75) is 33.2 Å². The lowest BCUT2D eigenvalue weighted by atomic mass is 10.0. The summed E-state index contributed by atoms with van der Waals surface area (Å²) in [5.41, 5.74) is 3.92. The van der Waals surface area contributed by atoms with Gasteiger partial charge >= 0.3 is 0 Å². The van der Waals surface area contributed by atoms with Gasteiger partial charge in [-0.2, -0.15) is 10.2 Å². The highest BCUT2D eigenvalue weighted by Crippen LogP contribution is 2.28. The minimum atomic E-state index is -0.00137. The maximum atomic E-state index is 4.22. The summed E-state index contributed by atoms with van der Waals surface area (Å²) >= 11 is 3.48. The molecule has 0 radical (unpaired) electrons. The SMILES string of the molecule is CCCNC(c1cc(C)nnc1C)c1c(Br)nnn1C. The minimum Gasteiger partial charge on any atom is -0.305 e. The summed E-state index contributed by atoms with van der Waals surface area (Å²) in [5.74, 6) is 0. The van der Waals surface area contributed by atoms with Crippen molar-refractivity contribution in [3.05, 3.63) is 33.3 Å². The van der Waals surface area contributed by atoms with Crippen molar-refractivity contribution in [3.63, 3.8) is 0 Å². The first-order valence-electron chi connectivity index (χ1n) is 6.63. The zero-order chi connectivity index (χ0) is 14.7. The molecule has 0 aliphatic rings. The number of aryl methyl sites for hydroxylation is 3. The molecule has 6 nitrogen and oxygen atoms in total. The Balaban J connectivity index is 2.50. The number of hydrogen-bond acceptors (Lipinski definition) is 5. The van der Waals surface area contributed by atoms with Gasteiger partial charge in [0.1, 0.15) is 0 Å². The lowest BCUT2D eigenvalue weighted by molar-refractivity contribution is 0.544. The van der Waals surface area contributed by atoms with Crippen molar-refractivity contribution >= 4 is 15.9 Å². The van der Waals surface area contributed by atoms with Gasteiger partial charge in [0.2, 0.25) is 0 Å². The lowest BCUT2D eigenvalue weighted by Crippen LogP contribution is -2.27. The first-order chi connectivity index (χ1) is 9.54. The van der Waals surface area contributed by atoms with Crippen LogP contribution >= 0.6 is 15.9 Å². The quantitative estimate of drug-likeness (QED) is 0.903. The zero-order valence-corrected chi connectivity index (χ0v) is 13.8. The number of aromatic nitrogens is 5. The molecule has 7 heteroatoms. The lowest BCUT2D eigenvalue weighted by Gasteiger charge is -2.20. The predicted octanol–water partition coefficient (Wildman–Crippen LogP) is 2.07. The van der Waals surface area contributed by atoms with Gasteiger partial charge < -0.3 is 5.32 Å². The summed E-state index contributed by atoms with van der Waals surface area (Å²) in [4.78, 5) is 0. The van der Waals surface area contributed by atoms with Crippen molar-refractivity contribution in [1.29, 1.82) is 0 Å². The van der Waals surface area contributed by atoms with E-state index in [0.717, 1.165) is 40.2 Å². The summed E-state index contributed by atoms with van der Waals surface area (Å²) in [6, 6.07) is 2.06. The maximum Gasteiger partial charge on any atom is 0.153 e. The molecule has 0 amide bonds. The molecule has 1 atom stereocenters. The van der Waals surface area contributed by atoms with Crippen molar-refractivity contribution in [2.75, 3.05) is 6.54 Å². The second-order valence-electron chi connectivity index (χ2n) is 4.80. The van der Waals surface area contributed by atoms with Crippen LogP contribution in [-0.2, 0) is 7.05 Å². The number of rotatable bonds is 5. The molecule has 2 aromatic rings. The normalized spacial score (nSPS) is 12.7. The van der Waals surface area contributed by atoms with Gasteiger partial charge in [-0.05, 0) is 48.8 Å². The molecule has 0 bridgehead atoms. The minimum absolute atomic E-state index is 0.00137. The number of nitrogens with zero attached hydrogens (tertiary/aromatic N) is 5. The Morgan fingerprint density at radius 2 is 2.05 bits per heavy atom. The van der Waals surface area contributed by atoms with Crippen LogP contribution in [0.3, 0.4) is 0 Å². The van der Waals surface area contributed by atoms with Gasteiger partial charge in [0.25, 0.3) is 0 Å². The molecule has 1 N–H and O–H groups in total. The van der Waals surface area contributed by atoms with Crippen molar-refractivity contribution in [2.24, 2.45) is 7.05 Å². The number of halogens is 1. The van der Waals surface area contributed by atoms with Crippen LogP contribution in [0.25, 0.3) is 0 Å². The molecule has 0 fully saturated rings. The number of nitrogens with one attached hydrogen (secondary N) is 1. The Hall–Kier alpha value is -1.34. The van der Waals surface area contributed by atoms with E-state index in [1.54, 1.807) is 4.68 Å². The van der Waals surface area contributed by atoms with Gasteiger partial charge in [-0.15, -0.1) is 5.10 Å². The third kappa shape index (κ3) is 3.04. The van der Waals surface area contributed by atoms with Crippen LogP contribution in [0.4, 0.5) is 0 Å². The highest BCUT2D eigenvalue weighted by molar-refractivity contribution is 9.10.